The summed E-state index contributed by atoms with van der Waals surface area (Å²) in [7, 11) is 0. The van der Waals surface area contributed by atoms with Crippen molar-refractivity contribution in [3.05, 3.63) is 58.9 Å². The van der Waals surface area contributed by atoms with E-state index in [9.17, 15) is 4.79 Å². The van der Waals surface area contributed by atoms with Crippen LogP contribution in [0.3, 0.4) is 0 Å². The minimum Gasteiger partial charge on any atom is -0.345 e. The van der Waals surface area contributed by atoms with Gasteiger partial charge in [0.25, 0.3) is 0 Å². The van der Waals surface area contributed by atoms with Gasteiger partial charge in [-0.25, -0.2) is 0 Å². The van der Waals surface area contributed by atoms with Gasteiger partial charge in [-0.15, -0.1) is 0 Å². The van der Waals surface area contributed by atoms with E-state index in [1.807, 2.05) is 55.3 Å². The third kappa shape index (κ3) is 4.88. The zero-order chi connectivity index (χ0) is 17.7. The largest absolute Gasteiger partial charge is 0.345 e. The van der Waals surface area contributed by atoms with E-state index in [0.29, 0.717) is 19.0 Å². The first-order valence-electron chi connectivity index (χ1n) is 8.54. The Morgan fingerprint density at radius 2 is 1.83 bits per heavy atom. The molecule has 0 saturated heterocycles. The van der Waals surface area contributed by atoms with E-state index >= 15 is 0 Å². The number of nitrogens with zero attached hydrogens (tertiary/aromatic N) is 2. The summed E-state index contributed by atoms with van der Waals surface area (Å²) < 4.78 is 2.17. The Bertz CT molecular complexity index is 676. The summed E-state index contributed by atoms with van der Waals surface area (Å²) in [5, 5.41) is 0.773. The van der Waals surface area contributed by atoms with Gasteiger partial charge in [-0.1, -0.05) is 57.5 Å². The Morgan fingerprint density at radius 1 is 1.12 bits per heavy atom. The third-order valence-corrected chi connectivity index (χ3v) is 4.33. The zero-order valence-corrected chi connectivity index (χ0v) is 15.8. The molecule has 1 heterocycles. The number of halogens is 1. The molecular formula is C20H27ClN2O. The fraction of sp³-hybridized carbons (Fsp3) is 0.450. The topological polar surface area (TPSA) is 25.2 Å². The SMILES string of the molecule is CC(C)CN(Cc1cccn1Cc1ccccc1Cl)C(=O)C(C)C. The molecule has 24 heavy (non-hydrogen) atoms. The molecule has 0 unspecified atom stereocenters. The van der Waals surface area contributed by atoms with Crippen LogP contribution in [0.1, 0.15) is 39.0 Å². The van der Waals surface area contributed by atoms with Crippen LogP contribution in [0, 0.1) is 11.8 Å². The molecule has 0 fully saturated rings. The molecule has 0 aliphatic heterocycles. The van der Waals surface area contributed by atoms with Gasteiger partial charge in [0.15, 0.2) is 0 Å². The zero-order valence-electron chi connectivity index (χ0n) is 15.0. The predicted molar refractivity (Wildman–Crippen MR) is 100 cm³/mol. The quantitative estimate of drug-likeness (QED) is 0.704. The second-order valence-electron chi connectivity index (χ2n) is 6.99. The van der Waals surface area contributed by atoms with Gasteiger partial charge in [-0.3, -0.25) is 4.79 Å². The maximum atomic E-state index is 12.5. The molecule has 1 aromatic carbocycles. The van der Waals surface area contributed by atoms with E-state index in [1.165, 1.54) is 0 Å². The smallest absolute Gasteiger partial charge is 0.225 e. The molecule has 0 atom stereocenters. The highest BCUT2D eigenvalue weighted by molar-refractivity contribution is 6.31. The molecule has 0 saturated carbocycles. The highest BCUT2D eigenvalue weighted by Gasteiger charge is 2.19. The summed E-state index contributed by atoms with van der Waals surface area (Å²) in [6, 6.07) is 12.0. The van der Waals surface area contributed by atoms with Gasteiger partial charge in [-0.2, -0.15) is 0 Å². The number of hydrogen-bond donors (Lipinski definition) is 0. The van der Waals surface area contributed by atoms with Crippen LogP contribution in [-0.2, 0) is 17.9 Å². The summed E-state index contributed by atoms with van der Waals surface area (Å²) in [5.41, 5.74) is 2.21. The molecular weight excluding hydrogens is 320 g/mol. The standard InChI is InChI=1S/C20H27ClN2O/c1-15(2)12-23(20(24)16(3)4)14-18-9-7-11-22(18)13-17-8-5-6-10-19(17)21/h5-11,15-16H,12-14H2,1-4H3. The minimum atomic E-state index is 0.00994. The van der Waals surface area contributed by atoms with Crippen LogP contribution in [0.4, 0.5) is 0 Å². The van der Waals surface area contributed by atoms with E-state index in [0.717, 1.165) is 22.8 Å². The van der Waals surface area contributed by atoms with E-state index in [2.05, 4.69) is 24.5 Å². The average Bonchev–Trinajstić information content (AvgIpc) is 2.94. The Balaban J connectivity index is 2.18. The Kier molecular flexibility index (Phi) is 6.50. The van der Waals surface area contributed by atoms with Crippen LogP contribution in [0.25, 0.3) is 0 Å². The number of rotatable bonds is 7. The first-order valence-corrected chi connectivity index (χ1v) is 8.92. The van der Waals surface area contributed by atoms with Gasteiger partial charge in [-0.05, 0) is 29.7 Å². The molecule has 0 radical (unpaired) electrons. The third-order valence-electron chi connectivity index (χ3n) is 3.97. The lowest BCUT2D eigenvalue weighted by atomic mass is 10.1. The molecule has 3 nitrogen and oxygen atoms in total. The van der Waals surface area contributed by atoms with Crippen molar-refractivity contribution in [3.63, 3.8) is 0 Å². The highest BCUT2D eigenvalue weighted by Crippen LogP contribution is 2.19. The van der Waals surface area contributed by atoms with E-state index in [1.54, 1.807) is 0 Å². The van der Waals surface area contributed by atoms with E-state index < -0.39 is 0 Å². The Morgan fingerprint density at radius 3 is 2.46 bits per heavy atom. The number of benzene rings is 1. The van der Waals surface area contributed by atoms with Crippen LogP contribution in [-0.4, -0.2) is 21.9 Å². The Labute approximate surface area is 150 Å². The molecule has 2 aromatic rings. The number of carbonyl (C=O) groups excluding carboxylic acids is 1. The number of amides is 1. The number of hydrogen-bond acceptors (Lipinski definition) is 1. The van der Waals surface area contributed by atoms with Gasteiger partial charge in [0.2, 0.25) is 5.91 Å². The van der Waals surface area contributed by atoms with Crippen LogP contribution < -0.4 is 0 Å². The monoisotopic (exact) mass is 346 g/mol. The molecule has 1 amide bonds. The van der Waals surface area contributed by atoms with Crippen LogP contribution in [0.15, 0.2) is 42.6 Å². The molecule has 0 N–H and O–H groups in total. The molecule has 0 aliphatic carbocycles. The average molecular weight is 347 g/mol. The molecule has 130 valence electrons. The van der Waals surface area contributed by atoms with Crippen molar-refractivity contribution in [2.45, 2.75) is 40.8 Å². The van der Waals surface area contributed by atoms with Crippen molar-refractivity contribution in [1.82, 2.24) is 9.47 Å². The van der Waals surface area contributed by atoms with Crippen molar-refractivity contribution in [1.29, 1.82) is 0 Å². The first-order chi connectivity index (χ1) is 11.4. The van der Waals surface area contributed by atoms with Gasteiger partial charge >= 0.3 is 0 Å². The first kappa shape index (κ1) is 18.6. The van der Waals surface area contributed by atoms with Crippen molar-refractivity contribution in [2.75, 3.05) is 6.54 Å². The summed E-state index contributed by atoms with van der Waals surface area (Å²) in [5.74, 6) is 0.657. The summed E-state index contributed by atoms with van der Waals surface area (Å²) in [6.45, 7) is 10.3. The second-order valence-corrected chi connectivity index (χ2v) is 7.39. The summed E-state index contributed by atoms with van der Waals surface area (Å²) in [6.07, 6.45) is 2.05. The number of aromatic nitrogens is 1. The maximum absolute atomic E-state index is 12.5. The lowest BCUT2D eigenvalue weighted by Crippen LogP contribution is -2.37. The van der Waals surface area contributed by atoms with E-state index in [-0.39, 0.29) is 11.8 Å². The van der Waals surface area contributed by atoms with Crippen molar-refractivity contribution in [3.8, 4) is 0 Å². The minimum absolute atomic E-state index is 0.00994. The molecule has 0 aliphatic rings. The molecule has 1 aromatic heterocycles. The van der Waals surface area contributed by atoms with Crippen LogP contribution in [0.2, 0.25) is 5.02 Å². The highest BCUT2D eigenvalue weighted by atomic mass is 35.5. The lowest BCUT2D eigenvalue weighted by molar-refractivity contribution is -0.135. The second kappa shape index (κ2) is 8.39. The molecule has 4 heteroatoms. The van der Waals surface area contributed by atoms with Crippen molar-refractivity contribution >= 4 is 17.5 Å². The molecule has 0 bridgehead atoms. The Hall–Kier alpha value is -1.74. The normalized spacial score (nSPS) is 11.3. The summed E-state index contributed by atoms with van der Waals surface area (Å²) >= 11 is 6.28. The summed E-state index contributed by atoms with van der Waals surface area (Å²) in [4.78, 5) is 14.5. The van der Waals surface area contributed by atoms with Gasteiger partial charge in [0.05, 0.1) is 6.54 Å². The van der Waals surface area contributed by atoms with Gasteiger partial charge in [0, 0.05) is 35.9 Å². The van der Waals surface area contributed by atoms with E-state index in [4.69, 9.17) is 11.6 Å². The molecule has 0 spiro atoms. The van der Waals surface area contributed by atoms with Gasteiger partial charge in [0.1, 0.15) is 0 Å². The molecule has 2 rings (SSSR count). The maximum Gasteiger partial charge on any atom is 0.225 e. The fourth-order valence-electron chi connectivity index (χ4n) is 2.79. The predicted octanol–water partition coefficient (Wildman–Crippen LogP) is 4.83. The fourth-order valence-corrected chi connectivity index (χ4v) is 2.99. The van der Waals surface area contributed by atoms with Crippen LogP contribution >= 0.6 is 11.6 Å². The number of carbonyl (C=O) groups is 1. The lowest BCUT2D eigenvalue weighted by Gasteiger charge is -2.27. The van der Waals surface area contributed by atoms with Crippen molar-refractivity contribution in [2.24, 2.45) is 11.8 Å². The van der Waals surface area contributed by atoms with Crippen molar-refractivity contribution < 1.29 is 4.79 Å². The van der Waals surface area contributed by atoms with Gasteiger partial charge < -0.3 is 9.47 Å². The van der Waals surface area contributed by atoms with Crippen LogP contribution in [0.5, 0.6) is 0 Å².